The van der Waals surface area contributed by atoms with Gasteiger partial charge in [-0.15, -0.1) is 0 Å². The van der Waals surface area contributed by atoms with E-state index in [4.69, 9.17) is 0 Å². The van der Waals surface area contributed by atoms with Gasteiger partial charge in [0.15, 0.2) is 0 Å². The first-order chi connectivity index (χ1) is 15.1. The van der Waals surface area contributed by atoms with Crippen molar-refractivity contribution in [1.29, 1.82) is 0 Å². The van der Waals surface area contributed by atoms with Crippen LogP contribution in [-0.4, -0.2) is 29.1 Å². The van der Waals surface area contributed by atoms with Gasteiger partial charge in [-0.2, -0.15) is 0 Å². The summed E-state index contributed by atoms with van der Waals surface area (Å²) in [5.41, 5.74) is 3.49. The van der Waals surface area contributed by atoms with Crippen molar-refractivity contribution >= 4 is 10.9 Å². The summed E-state index contributed by atoms with van der Waals surface area (Å²) in [6.45, 7) is 5.74. The van der Waals surface area contributed by atoms with Crippen molar-refractivity contribution in [1.82, 2.24) is 9.47 Å². The van der Waals surface area contributed by atoms with E-state index in [1.165, 1.54) is 61.1 Å². The number of fused-ring (bicyclic) bond motifs is 1. The highest BCUT2D eigenvalue weighted by molar-refractivity contribution is 5.85. The molecule has 160 valence electrons. The van der Waals surface area contributed by atoms with E-state index in [0.717, 1.165) is 17.7 Å². The van der Waals surface area contributed by atoms with Crippen LogP contribution in [0.1, 0.15) is 25.8 Å². The minimum Gasteiger partial charge on any atom is -0.344 e. The van der Waals surface area contributed by atoms with Crippen molar-refractivity contribution in [3.8, 4) is 11.1 Å². The maximum absolute atomic E-state index is 13.2. The SMILES string of the molecule is CCN1CCC(n2ccc3ccc(-c4ccc(F)cc4)cc32)CC1.Fc1ccccc1. The van der Waals surface area contributed by atoms with E-state index in [1.807, 2.05) is 12.1 Å². The number of benzene rings is 3. The highest BCUT2D eigenvalue weighted by Crippen LogP contribution is 2.30. The van der Waals surface area contributed by atoms with Gasteiger partial charge in [0.2, 0.25) is 0 Å². The fraction of sp³-hybridized carbons (Fsp3) is 0.259. The first kappa shape index (κ1) is 21.3. The van der Waals surface area contributed by atoms with Crippen molar-refractivity contribution in [3.05, 3.63) is 96.7 Å². The summed E-state index contributed by atoms with van der Waals surface area (Å²) in [5.74, 6) is -0.367. The summed E-state index contributed by atoms with van der Waals surface area (Å²) < 4.78 is 27.5. The maximum Gasteiger partial charge on any atom is 0.123 e. The van der Waals surface area contributed by atoms with E-state index in [9.17, 15) is 8.78 Å². The number of rotatable bonds is 3. The lowest BCUT2D eigenvalue weighted by atomic mass is 10.0. The van der Waals surface area contributed by atoms with Crippen LogP contribution in [0, 0.1) is 11.6 Å². The summed E-state index contributed by atoms with van der Waals surface area (Å²) >= 11 is 0. The number of hydrogen-bond donors (Lipinski definition) is 0. The molecule has 0 amide bonds. The zero-order valence-electron chi connectivity index (χ0n) is 17.8. The summed E-state index contributed by atoms with van der Waals surface area (Å²) in [6.07, 6.45) is 4.64. The molecule has 0 radical (unpaired) electrons. The lowest BCUT2D eigenvalue weighted by Crippen LogP contribution is -2.34. The molecule has 4 heteroatoms. The number of likely N-dealkylation sites (tertiary alicyclic amines) is 1. The molecule has 1 aliphatic heterocycles. The Labute approximate surface area is 182 Å². The number of hydrogen-bond acceptors (Lipinski definition) is 1. The Balaban J connectivity index is 0.000000282. The van der Waals surface area contributed by atoms with Gasteiger partial charge in [-0.1, -0.05) is 49.4 Å². The predicted molar refractivity (Wildman–Crippen MR) is 124 cm³/mol. The van der Waals surface area contributed by atoms with E-state index in [0.29, 0.717) is 6.04 Å². The van der Waals surface area contributed by atoms with Gasteiger partial charge in [0, 0.05) is 30.8 Å². The normalized spacial score (nSPS) is 14.9. The standard InChI is InChI=1S/C21H23FN2.C6H5F/c1-2-23-12-10-20(11-13-23)24-14-9-17-3-4-18(15-21(17)24)16-5-7-19(22)8-6-16;7-6-4-2-1-3-5-6/h3-9,14-15,20H,2,10-13H2,1H3;1-5H. The third-order valence-electron chi connectivity index (χ3n) is 6.03. The van der Waals surface area contributed by atoms with Gasteiger partial charge in [-0.05, 0) is 72.3 Å². The Morgan fingerprint density at radius 2 is 1.42 bits per heavy atom. The predicted octanol–water partition coefficient (Wildman–Crippen LogP) is 6.93. The van der Waals surface area contributed by atoms with Crippen LogP contribution in [-0.2, 0) is 0 Å². The smallest absolute Gasteiger partial charge is 0.123 e. The molecule has 0 unspecified atom stereocenters. The Bertz CT molecular complexity index is 1100. The molecule has 1 fully saturated rings. The average molecular weight is 419 g/mol. The largest absolute Gasteiger partial charge is 0.344 e. The molecule has 1 aromatic heterocycles. The third-order valence-corrected chi connectivity index (χ3v) is 6.03. The highest BCUT2D eigenvalue weighted by atomic mass is 19.1. The second-order valence-corrected chi connectivity index (χ2v) is 7.96. The quantitative estimate of drug-likeness (QED) is 0.350. The molecule has 4 aromatic rings. The molecule has 1 aliphatic rings. The Hall–Kier alpha value is -2.98. The zero-order chi connectivity index (χ0) is 21.6. The Morgan fingerprint density at radius 3 is 2.03 bits per heavy atom. The molecule has 0 spiro atoms. The zero-order valence-corrected chi connectivity index (χ0v) is 17.8. The molecule has 0 N–H and O–H groups in total. The first-order valence-electron chi connectivity index (χ1n) is 10.9. The molecular weight excluding hydrogens is 390 g/mol. The molecule has 2 heterocycles. The van der Waals surface area contributed by atoms with Crippen LogP contribution in [0.5, 0.6) is 0 Å². The Kier molecular flexibility index (Phi) is 6.78. The van der Waals surface area contributed by atoms with Gasteiger partial charge < -0.3 is 9.47 Å². The van der Waals surface area contributed by atoms with Crippen molar-refractivity contribution < 1.29 is 8.78 Å². The van der Waals surface area contributed by atoms with Crippen molar-refractivity contribution in [2.24, 2.45) is 0 Å². The van der Waals surface area contributed by atoms with Crippen molar-refractivity contribution in [2.45, 2.75) is 25.8 Å². The lowest BCUT2D eigenvalue weighted by Gasteiger charge is -2.32. The molecule has 1 saturated heterocycles. The summed E-state index contributed by atoms with van der Waals surface area (Å²) in [5, 5.41) is 1.28. The lowest BCUT2D eigenvalue weighted by molar-refractivity contribution is 0.197. The molecule has 5 rings (SSSR count). The molecule has 0 aliphatic carbocycles. The summed E-state index contributed by atoms with van der Waals surface area (Å²) in [4.78, 5) is 2.52. The minimum atomic E-state index is -0.189. The maximum atomic E-state index is 13.2. The molecule has 0 bridgehead atoms. The van der Waals surface area contributed by atoms with Crippen LogP contribution in [0.2, 0.25) is 0 Å². The highest BCUT2D eigenvalue weighted by Gasteiger charge is 2.20. The van der Waals surface area contributed by atoms with Gasteiger partial charge >= 0.3 is 0 Å². The van der Waals surface area contributed by atoms with E-state index in [1.54, 1.807) is 18.2 Å². The summed E-state index contributed by atoms with van der Waals surface area (Å²) in [6, 6.07) is 24.0. The van der Waals surface area contributed by atoms with Crippen molar-refractivity contribution in [2.75, 3.05) is 19.6 Å². The second kappa shape index (κ2) is 9.88. The monoisotopic (exact) mass is 418 g/mol. The number of piperidine rings is 1. The first-order valence-corrected chi connectivity index (χ1v) is 10.9. The van der Waals surface area contributed by atoms with Crippen molar-refractivity contribution in [3.63, 3.8) is 0 Å². The van der Waals surface area contributed by atoms with E-state index in [-0.39, 0.29) is 11.6 Å². The fourth-order valence-corrected chi connectivity index (χ4v) is 4.22. The van der Waals surface area contributed by atoms with Gasteiger partial charge in [-0.25, -0.2) is 8.78 Å². The van der Waals surface area contributed by atoms with Crippen LogP contribution >= 0.6 is 0 Å². The Morgan fingerprint density at radius 1 is 0.774 bits per heavy atom. The molecule has 31 heavy (non-hydrogen) atoms. The van der Waals surface area contributed by atoms with E-state index < -0.39 is 0 Å². The topological polar surface area (TPSA) is 8.17 Å². The molecule has 0 saturated carbocycles. The summed E-state index contributed by atoms with van der Waals surface area (Å²) in [7, 11) is 0. The second-order valence-electron chi connectivity index (χ2n) is 7.96. The molecule has 3 aromatic carbocycles. The average Bonchev–Trinajstić information content (AvgIpc) is 3.24. The van der Waals surface area contributed by atoms with Gasteiger partial charge in [0.25, 0.3) is 0 Å². The molecule has 0 atom stereocenters. The minimum absolute atomic E-state index is 0.178. The molecule has 2 nitrogen and oxygen atoms in total. The third kappa shape index (κ3) is 5.20. The van der Waals surface area contributed by atoms with Crippen LogP contribution in [0.25, 0.3) is 22.0 Å². The van der Waals surface area contributed by atoms with Crippen LogP contribution < -0.4 is 0 Å². The number of halogens is 2. The van der Waals surface area contributed by atoms with Gasteiger partial charge in [0.05, 0.1) is 0 Å². The number of nitrogens with zero attached hydrogens (tertiary/aromatic N) is 2. The van der Waals surface area contributed by atoms with E-state index >= 15 is 0 Å². The fourth-order valence-electron chi connectivity index (χ4n) is 4.22. The van der Waals surface area contributed by atoms with Crippen LogP contribution in [0.15, 0.2) is 85.1 Å². The molecular formula is C27H28F2N2. The van der Waals surface area contributed by atoms with Gasteiger partial charge in [0.1, 0.15) is 11.6 Å². The van der Waals surface area contributed by atoms with Crippen LogP contribution in [0.3, 0.4) is 0 Å². The van der Waals surface area contributed by atoms with E-state index in [2.05, 4.69) is 46.9 Å². The van der Waals surface area contributed by atoms with Gasteiger partial charge in [-0.3, -0.25) is 0 Å². The number of aromatic nitrogens is 1. The van der Waals surface area contributed by atoms with Crippen LogP contribution in [0.4, 0.5) is 8.78 Å².